The van der Waals surface area contributed by atoms with Gasteiger partial charge in [0.1, 0.15) is 0 Å². The smallest absolute Gasteiger partial charge is 0.338 e. The molecule has 2 aromatic carbocycles. The van der Waals surface area contributed by atoms with E-state index in [0.717, 1.165) is 24.0 Å². The third-order valence-electron chi connectivity index (χ3n) is 5.83. The summed E-state index contributed by atoms with van der Waals surface area (Å²) in [5, 5.41) is 2.74. The molecule has 0 aromatic heterocycles. The van der Waals surface area contributed by atoms with Gasteiger partial charge in [0, 0.05) is 24.3 Å². The van der Waals surface area contributed by atoms with Crippen LogP contribution in [0.1, 0.15) is 47.7 Å². The van der Waals surface area contributed by atoms with E-state index in [1.54, 1.807) is 30.3 Å². The fourth-order valence-electron chi connectivity index (χ4n) is 3.61. The standard InChI is InChI=1S/C26H30N2O6/c1-4-5-13-33-25(31)19-9-11-21(12-10-19)28-15-20(14-24(28)30)26(32)34-16-23(29)27-22-8-6-7-17(2)18(22)3/h6-12,20H,4-5,13-16H2,1-3H3,(H,27,29)/t20-/m1/s1. The minimum atomic E-state index is -0.667. The predicted molar refractivity (Wildman–Crippen MR) is 128 cm³/mol. The second-order valence-electron chi connectivity index (χ2n) is 8.35. The van der Waals surface area contributed by atoms with Crippen LogP contribution in [0.3, 0.4) is 0 Å². The van der Waals surface area contributed by atoms with E-state index >= 15 is 0 Å². The summed E-state index contributed by atoms with van der Waals surface area (Å²) in [5.74, 6) is -2.33. The number of ether oxygens (including phenoxy) is 2. The molecular weight excluding hydrogens is 436 g/mol. The third-order valence-corrected chi connectivity index (χ3v) is 5.83. The summed E-state index contributed by atoms with van der Waals surface area (Å²) in [4.78, 5) is 50.7. The number of carbonyl (C=O) groups is 4. The molecule has 2 amide bonds. The molecule has 1 aliphatic rings. The average Bonchev–Trinajstić information content (AvgIpc) is 3.22. The first-order valence-electron chi connectivity index (χ1n) is 11.4. The second-order valence-corrected chi connectivity index (χ2v) is 8.35. The Kier molecular flexibility index (Phi) is 8.40. The number of nitrogens with one attached hydrogen (secondary N) is 1. The summed E-state index contributed by atoms with van der Waals surface area (Å²) < 4.78 is 10.4. The van der Waals surface area contributed by atoms with Crippen molar-refractivity contribution >= 4 is 35.1 Å². The number of amides is 2. The third kappa shape index (κ3) is 6.21. The van der Waals surface area contributed by atoms with Crippen molar-refractivity contribution in [3.63, 3.8) is 0 Å². The summed E-state index contributed by atoms with van der Waals surface area (Å²) in [6, 6.07) is 12.1. The van der Waals surface area contributed by atoms with Gasteiger partial charge in [-0.1, -0.05) is 25.5 Å². The van der Waals surface area contributed by atoms with Crippen LogP contribution < -0.4 is 10.2 Å². The Morgan fingerprint density at radius 2 is 1.79 bits per heavy atom. The Balaban J connectivity index is 1.51. The molecule has 0 bridgehead atoms. The molecule has 0 unspecified atom stereocenters. The number of hydrogen-bond donors (Lipinski definition) is 1. The van der Waals surface area contributed by atoms with Gasteiger partial charge in [0.15, 0.2) is 6.61 Å². The lowest BCUT2D eigenvalue weighted by atomic mass is 10.1. The number of rotatable bonds is 9. The number of benzene rings is 2. The van der Waals surface area contributed by atoms with Crippen molar-refractivity contribution in [1.29, 1.82) is 0 Å². The lowest BCUT2D eigenvalue weighted by Gasteiger charge is -2.17. The maximum absolute atomic E-state index is 12.5. The highest BCUT2D eigenvalue weighted by Crippen LogP contribution is 2.26. The highest BCUT2D eigenvalue weighted by Gasteiger charge is 2.36. The summed E-state index contributed by atoms with van der Waals surface area (Å²) in [5.41, 5.74) is 3.64. The van der Waals surface area contributed by atoms with Crippen LogP contribution in [-0.2, 0) is 23.9 Å². The quantitative estimate of drug-likeness (QED) is 0.446. The number of carbonyl (C=O) groups excluding carboxylic acids is 4. The van der Waals surface area contributed by atoms with Gasteiger partial charge < -0.3 is 19.7 Å². The summed E-state index contributed by atoms with van der Waals surface area (Å²) in [7, 11) is 0. The van der Waals surface area contributed by atoms with Crippen LogP contribution in [-0.4, -0.2) is 43.5 Å². The van der Waals surface area contributed by atoms with E-state index in [4.69, 9.17) is 9.47 Å². The molecule has 8 heteroatoms. The molecule has 8 nitrogen and oxygen atoms in total. The molecule has 1 N–H and O–H groups in total. The van der Waals surface area contributed by atoms with Gasteiger partial charge in [0.25, 0.3) is 5.91 Å². The zero-order chi connectivity index (χ0) is 24.7. The van der Waals surface area contributed by atoms with Crippen molar-refractivity contribution in [2.75, 3.05) is 30.0 Å². The highest BCUT2D eigenvalue weighted by atomic mass is 16.5. The number of unbranched alkanes of at least 4 members (excludes halogenated alkanes) is 1. The minimum absolute atomic E-state index is 0.00173. The van der Waals surface area contributed by atoms with E-state index in [9.17, 15) is 19.2 Å². The first-order chi connectivity index (χ1) is 16.3. The fourth-order valence-corrected chi connectivity index (χ4v) is 3.61. The fraction of sp³-hybridized carbons (Fsp3) is 0.385. The number of esters is 2. The number of anilines is 2. The molecule has 2 aromatic rings. The zero-order valence-electron chi connectivity index (χ0n) is 19.8. The van der Waals surface area contributed by atoms with Gasteiger partial charge in [-0.15, -0.1) is 0 Å². The van der Waals surface area contributed by atoms with Crippen LogP contribution >= 0.6 is 0 Å². The van der Waals surface area contributed by atoms with Crippen LogP contribution in [0.5, 0.6) is 0 Å². The molecule has 1 aliphatic heterocycles. The average molecular weight is 467 g/mol. The maximum atomic E-state index is 12.5. The van der Waals surface area contributed by atoms with Crippen molar-refractivity contribution in [3.8, 4) is 0 Å². The highest BCUT2D eigenvalue weighted by molar-refractivity contribution is 6.00. The SMILES string of the molecule is CCCCOC(=O)c1ccc(N2C[C@H](C(=O)OCC(=O)Nc3cccc(C)c3C)CC2=O)cc1. The lowest BCUT2D eigenvalue weighted by Crippen LogP contribution is -2.28. The van der Waals surface area contributed by atoms with E-state index in [-0.39, 0.29) is 18.9 Å². The Morgan fingerprint density at radius 1 is 1.06 bits per heavy atom. The van der Waals surface area contributed by atoms with Gasteiger partial charge in [0.2, 0.25) is 5.91 Å². The van der Waals surface area contributed by atoms with Crippen LogP contribution in [0.15, 0.2) is 42.5 Å². The molecule has 0 aliphatic carbocycles. The molecule has 34 heavy (non-hydrogen) atoms. The van der Waals surface area contributed by atoms with Crippen molar-refractivity contribution in [2.24, 2.45) is 5.92 Å². The van der Waals surface area contributed by atoms with Gasteiger partial charge in [-0.2, -0.15) is 0 Å². The Hall–Kier alpha value is -3.68. The van der Waals surface area contributed by atoms with Crippen LogP contribution in [0.25, 0.3) is 0 Å². The monoisotopic (exact) mass is 466 g/mol. The lowest BCUT2D eigenvalue weighted by molar-refractivity contribution is -0.151. The Labute approximate surface area is 199 Å². The van der Waals surface area contributed by atoms with Crippen molar-refractivity contribution in [3.05, 3.63) is 59.2 Å². The predicted octanol–water partition coefficient (Wildman–Crippen LogP) is 3.80. The molecule has 0 spiro atoms. The molecular formula is C26H30N2O6. The first kappa shape index (κ1) is 25.0. The molecule has 1 saturated heterocycles. The van der Waals surface area contributed by atoms with Crippen molar-refractivity contribution in [1.82, 2.24) is 0 Å². The van der Waals surface area contributed by atoms with E-state index < -0.39 is 30.4 Å². The van der Waals surface area contributed by atoms with Gasteiger partial charge in [-0.05, 0) is 61.7 Å². The molecule has 3 rings (SSSR count). The second kappa shape index (κ2) is 11.4. The zero-order valence-corrected chi connectivity index (χ0v) is 19.8. The van der Waals surface area contributed by atoms with E-state index in [1.807, 2.05) is 32.9 Å². The van der Waals surface area contributed by atoms with Gasteiger partial charge in [0.05, 0.1) is 18.1 Å². The molecule has 1 atom stereocenters. The van der Waals surface area contributed by atoms with Gasteiger partial charge in [-0.3, -0.25) is 14.4 Å². The first-order valence-corrected chi connectivity index (χ1v) is 11.4. The van der Waals surface area contributed by atoms with Gasteiger partial charge in [-0.25, -0.2) is 4.79 Å². The van der Waals surface area contributed by atoms with Crippen molar-refractivity contribution < 1.29 is 28.7 Å². The number of nitrogens with zero attached hydrogens (tertiary/aromatic N) is 1. The van der Waals surface area contributed by atoms with E-state index in [1.165, 1.54) is 4.90 Å². The topological polar surface area (TPSA) is 102 Å². The summed E-state index contributed by atoms with van der Waals surface area (Å²) >= 11 is 0. The molecule has 0 radical (unpaired) electrons. The van der Waals surface area contributed by atoms with Crippen LogP contribution in [0.2, 0.25) is 0 Å². The van der Waals surface area contributed by atoms with Gasteiger partial charge >= 0.3 is 11.9 Å². The molecule has 0 saturated carbocycles. The molecule has 1 heterocycles. The Bertz CT molecular complexity index is 1060. The largest absolute Gasteiger partial charge is 0.462 e. The molecule has 180 valence electrons. The maximum Gasteiger partial charge on any atom is 0.338 e. The van der Waals surface area contributed by atoms with Crippen LogP contribution in [0, 0.1) is 19.8 Å². The normalized spacial score (nSPS) is 15.2. The summed E-state index contributed by atoms with van der Waals surface area (Å²) in [6.45, 7) is 5.95. The summed E-state index contributed by atoms with van der Waals surface area (Å²) in [6.07, 6.45) is 1.74. The number of aryl methyl sites for hydroxylation is 1. The van der Waals surface area contributed by atoms with E-state index in [0.29, 0.717) is 23.5 Å². The van der Waals surface area contributed by atoms with Crippen molar-refractivity contribution in [2.45, 2.75) is 40.0 Å². The Morgan fingerprint density at radius 3 is 2.50 bits per heavy atom. The minimum Gasteiger partial charge on any atom is -0.462 e. The number of hydrogen-bond acceptors (Lipinski definition) is 6. The van der Waals surface area contributed by atoms with E-state index in [2.05, 4.69) is 5.32 Å². The molecule has 1 fully saturated rings. The van der Waals surface area contributed by atoms with Crippen LogP contribution in [0.4, 0.5) is 11.4 Å².